The zero-order valence-corrected chi connectivity index (χ0v) is 8.57. The summed E-state index contributed by atoms with van der Waals surface area (Å²) in [5, 5.41) is 0. The van der Waals surface area contributed by atoms with Gasteiger partial charge in [0.05, 0.1) is 5.92 Å². The van der Waals surface area contributed by atoms with E-state index in [1.54, 1.807) is 0 Å². The largest absolute Gasteiger partial charge is 0.393 e. The average Bonchev–Trinajstić information content (AvgIpc) is 2.29. The van der Waals surface area contributed by atoms with E-state index in [2.05, 4.69) is 12.8 Å². The maximum absolute atomic E-state index is 12.3. The van der Waals surface area contributed by atoms with Crippen molar-refractivity contribution in [3.8, 4) is 0 Å². The Hall–Kier alpha value is 0.100. The Kier molecular flexibility index (Phi) is 3.17. The predicted molar refractivity (Wildman–Crippen MR) is 48.5 cm³/mol. The third kappa shape index (κ3) is 2.53. The topological polar surface area (TPSA) is 3.24 Å². The lowest BCUT2D eigenvalue weighted by Gasteiger charge is -2.21. The fourth-order valence-corrected chi connectivity index (χ4v) is 2.26. The highest BCUT2D eigenvalue weighted by Gasteiger charge is 2.47. The first-order valence-electron chi connectivity index (χ1n) is 4.34. The first kappa shape index (κ1) is 11.2. The van der Waals surface area contributed by atoms with Gasteiger partial charge in [0.25, 0.3) is 0 Å². The molecule has 1 nitrogen and oxygen atoms in total. The number of thiol groups is 1. The first-order chi connectivity index (χ1) is 5.82. The highest BCUT2D eigenvalue weighted by Crippen LogP contribution is 2.39. The summed E-state index contributed by atoms with van der Waals surface area (Å²) in [6.45, 7) is 3.87. The van der Waals surface area contributed by atoms with Crippen molar-refractivity contribution < 1.29 is 13.2 Å². The van der Waals surface area contributed by atoms with Crippen LogP contribution in [0.4, 0.5) is 13.2 Å². The van der Waals surface area contributed by atoms with E-state index in [0.29, 0.717) is 0 Å². The second-order valence-electron chi connectivity index (χ2n) is 3.91. The Bertz CT molecular complexity index is 181. The van der Waals surface area contributed by atoms with Crippen LogP contribution in [0.2, 0.25) is 0 Å². The van der Waals surface area contributed by atoms with E-state index in [4.69, 9.17) is 0 Å². The summed E-state index contributed by atoms with van der Waals surface area (Å²) in [5.74, 6) is -0.970. The number of alkyl halides is 3. The molecule has 13 heavy (non-hydrogen) atoms. The van der Waals surface area contributed by atoms with E-state index in [1.807, 2.05) is 13.8 Å². The summed E-state index contributed by atoms with van der Waals surface area (Å²) in [5.41, 5.74) is 0. The molecule has 1 heterocycles. The van der Waals surface area contributed by atoms with E-state index in [9.17, 15) is 13.2 Å². The standard InChI is InChI=1S/C8H14F3NS/c1-5(2)7-3-6(4-12(7)13)8(9,10)11/h5-7,13H,3-4H2,1-2H3/t6-,7?/m0/s1. The van der Waals surface area contributed by atoms with E-state index >= 15 is 0 Å². The van der Waals surface area contributed by atoms with Crippen molar-refractivity contribution in [3.63, 3.8) is 0 Å². The van der Waals surface area contributed by atoms with Crippen molar-refractivity contribution in [2.45, 2.75) is 32.5 Å². The molecule has 0 spiro atoms. The van der Waals surface area contributed by atoms with Crippen LogP contribution in [0.3, 0.4) is 0 Å². The molecule has 0 radical (unpaired) electrons. The molecule has 0 bridgehead atoms. The Labute approximate surface area is 81.8 Å². The molecule has 0 amide bonds. The van der Waals surface area contributed by atoms with Crippen molar-refractivity contribution in [1.82, 2.24) is 4.31 Å². The van der Waals surface area contributed by atoms with Crippen molar-refractivity contribution in [1.29, 1.82) is 0 Å². The highest BCUT2D eigenvalue weighted by molar-refractivity contribution is 7.77. The second kappa shape index (κ2) is 3.69. The van der Waals surface area contributed by atoms with E-state index < -0.39 is 12.1 Å². The van der Waals surface area contributed by atoms with Gasteiger partial charge in [0.1, 0.15) is 0 Å². The molecule has 1 rings (SSSR count). The Morgan fingerprint density at radius 1 is 1.38 bits per heavy atom. The average molecular weight is 213 g/mol. The highest BCUT2D eigenvalue weighted by atomic mass is 32.1. The molecule has 1 aliphatic heterocycles. The van der Waals surface area contributed by atoms with Crippen LogP contribution >= 0.6 is 12.8 Å². The van der Waals surface area contributed by atoms with Gasteiger partial charge in [-0.3, -0.25) is 0 Å². The monoisotopic (exact) mass is 213 g/mol. The molecular formula is C8H14F3NS. The van der Waals surface area contributed by atoms with Gasteiger partial charge >= 0.3 is 6.18 Å². The minimum atomic E-state index is -4.06. The summed E-state index contributed by atoms with van der Waals surface area (Å²) in [7, 11) is 0. The smallest absolute Gasteiger partial charge is 0.249 e. The van der Waals surface area contributed by atoms with Gasteiger partial charge in [0, 0.05) is 12.6 Å². The van der Waals surface area contributed by atoms with Crippen molar-refractivity contribution in [3.05, 3.63) is 0 Å². The molecule has 2 atom stereocenters. The van der Waals surface area contributed by atoms with Gasteiger partial charge in [-0.1, -0.05) is 26.7 Å². The van der Waals surface area contributed by atoms with Crippen molar-refractivity contribution >= 4 is 12.8 Å². The molecular weight excluding hydrogens is 199 g/mol. The van der Waals surface area contributed by atoms with Crippen LogP contribution < -0.4 is 0 Å². The Balaban J connectivity index is 2.60. The van der Waals surface area contributed by atoms with Gasteiger partial charge in [-0.15, -0.1) is 0 Å². The quantitative estimate of drug-likeness (QED) is 0.655. The van der Waals surface area contributed by atoms with Crippen LogP contribution in [-0.2, 0) is 0 Å². The van der Waals surface area contributed by atoms with Crippen LogP contribution in [0.1, 0.15) is 20.3 Å². The molecule has 0 saturated carbocycles. The lowest BCUT2D eigenvalue weighted by atomic mass is 9.98. The van der Waals surface area contributed by atoms with Crippen LogP contribution in [0.5, 0.6) is 0 Å². The Morgan fingerprint density at radius 3 is 2.15 bits per heavy atom. The summed E-state index contributed by atoms with van der Waals surface area (Å²) in [4.78, 5) is 0. The fourth-order valence-electron chi connectivity index (χ4n) is 1.70. The zero-order chi connectivity index (χ0) is 10.2. The summed E-state index contributed by atoms with van der Waals surface area (Å²) < 4.78 is 38.4. The minimum Gasteiger partial charge on any atom is -0.249 e. The second-order valence-corrected chi connectivity index (χ2v) is 4.42. The Morgan fingerprint density at radius 2 is 1.92 bits per heavy atom. The number of nitrogens with zero attached hydrogens (tertiary/aromatic N) is 1. The van der Waals surface area contributed by atoms with Gasteiger partial charge in [-0.25, -0.2) is 4.31 Å². The van der Waals surface area contributed by atoms with Crippen molar-refractivity contribution in [2.24, 2.45) is 11.8 Å². The van der Waals surface area contributed by atoms with Crippen LogP contribution in [0.15, 0.2) is 0 Å². The maximum atomic E-state index is 12.3. The predicted octanol–water partition coefficient (Wildman–Crippen LogP) is 2.74. The van der Waals surface area contributed by atoms with Gasteiger partial charge in [0.2, 0.25) is 0 Å². The first-order valence-corrected chi connectivity index (χ1v) is 4.74. The number of hydrogen-bond donors (Lipinski definition) is 1. The molecule has 1 fully saturated rings. The molecule has 0 aromatic rings. The molecule has 0 aliphatic carbocycles. The van der Waals surface area contributed by atoms with E-state index in [1.165, 1.54) is 4.31 Å². The van der Waals surface area contributed by atoms with Crippen LogP contribution in [0.25, 0.3) is 0 Å². The normalized spacial score (nSPS) is 31.6. The minimum absolute atomic E-state index is 0.0233. The SMILES string of the molecule is CC(C)C1C[C@H](C(F)(F)F)CN1S. The van der Waals surface area contributed by atoms with Crippen molar-refractivity contribution in [2.75, 3.05) is 6.54 Å². The van der Waals surface area contributed by atoms with Gasteiger partial charge in [-0.2, -0.15) is 13.2 Å². The molecule has 1 saturated heterocycles. The maximum Gasteiger partial charge on any atom is 0.393 e. The molecule has 1 aliphatic rings. The van der Waals surface area contributed by atoms with E-state index in [0.717, 1.165) is 0 Å². The molecule has 5 heteroatoms. The number of hydrogen-bond acceptors (Lipinski definition) is 2. The number of rotatable bonds is 1. The molecule has 1 unspecified atom stereocenters. The van der Waals surface area contributed by atoms with Gasteiger partial charge in [0.15, 0.2) is 0 Å². The summed E-state index contributed by atoms with van der Waals surface area (Å²) in [6, 6.07) is -0.0463. The van der Waals surface area contributed by atoms with Gasteiger partial charge < -0.3 is 0 Å². The van der Waals surface area contributed by atoms with Crippen LogP contribution in [0, 0.1) is 11.8 Å². The zero-order valence-electron chi connectivity index (χ0n) is 7.67. The third-order valence-corrected chi connectivity index (χ3v) is 3.01. The summed E-state index contributed by atoms with van der Waals surface area (Å²) in [6.07, 6.45) is -3.88. The third-order valence-electron chi connectivity index (χ3n) is 2.55. The molecule has 78 valence electrons. The lowest BCUT2D eigenvalue weighted by molar-refractivity contribution is -0.170. The molecule has 0 aromatic carbocycles. The van der Waals surface area contributed by atoms with E-state index in [-0.39, 0.29) is 24.9 Å². The number of halogens is 3. The fraction of sp³-hybridized carbons (Fsp3) is 1.00. The molecule has 0 aromatic heterocycles. The van der Waals surface area contributed by atoms with Gasteiger partial charge in [-0.05, 0) is 12.3 Å². The molecule has 0 N–H and O–H groups in total. The van der Waals surface area contributed by atoms with Crippen LogP contribution in [-0.4, -0.2) is 23.1 Å². The summed E-state index contributed by atoms with van der Waals surface area (Å²) >= 11 is 4.05. The lowest BCUT2D eigenvalue weighted by Crippen LogP contribution is -2.25.